The van der Waals surface area contributed by atoms with Crippen LogP contribution in [0.5, 0.6) is 0 Å². The lowest BCUT2D eigenvalue weighted by molar-refractivity contribution is 0.250. The number of nitrogens with one attached hydrogen (secondary N) is 1. The molecule has 0 fully saturated rings. The lowest BCUT2D eigenvalue weighted by Gasteiger charge is -2.05. The van der Waals surface area contributed by atoms with Crippen LogP contribution in [0.4, 0.5) is 0 Å². The largest absolute Gasteiger partial charge is 0.401 e. The van der Waals surface area contributed by atoms with Gasteiger partial charge in [0.15, 0.2) is 0 Å². The van der Waals surface area contributed by atoms with Gasteiger partial charge in [0, 0.05) is 12.5 Å². The van der Waals surface area contributed by atoms with E-state index in [9.17, 15) is 0 Å². The Labute approximate surface area is 70.8 Å². The van der Waals surface area contributed by atoms with Crippen molar-refractivity contribution in [2.45, 2.75) is 38.6 Å². The molecule has 1 atom stereocenters. The summed E-state index contributed by atoms with van der Waals surface area (Å²) in [6.07, 6.45) is 5.16. The Hall–Kier alpha value is -0.0151. The second-order valence-electron chi connectivity index (χ2n) is 3.11. The molecule has 0 aliphatic rings. The van der Waals surface area contributed by atoms with E-state index in [1.165, 1.54) is 25.7 Å². The molecule has 3 heteroatoms. The summed E-state index contributed by atoms with van der Waals surface area (Å²) < 4.78 is 0. The lowest BCUT2D eigenvalue weighted by Crippen LogP contribution is -2.27. The third kappa shape index (κ3) is 9.98. The summed E-state index contributed by atoms with van der Waals surface area (Å²) in [5.74, 6) is 0. The number of rotatable bonds is 7. The second kappa shape index (κ2) is 8.09. The number of aliphatic hydroxyl groups excluding tert-OH is 1. The summed E-state index contributed by atoms with van der Waals surface area (Å²) in [7, 11) is 1.80. The molecule has 0 saturated heterocycles. The van der Waals surface area contributed by atoms with Gasteiger partial charge in [0.05, 0.1) is 0 Å². The first-order valence-electron chi connectivity index (χ1n) is 4.66. The van der Waals surface area contributed by atoms with Crippen LogP contribution in [0.15, 0.2) is 0 Å². The van der Waals surface area contributed by atoms with Crippen molar-refractivity contribution in [2.24, 2.45) is 0 Å². The Bertz CT molecular complexity index is 78.5. The van der Waals surface area contributed by atoms with Crippen LogP contribution in [0.25, 0.3) is 0 Å². The maximum Gasteiger partial charge on any atom is 0.140 e. The van der Waals surface area contributed by atoms with Crippen molar-refractivity contribution in [3.05, 3.63) is 0 Å². The molecule has 66 valence electrons. The minimum absolute atomic E-state index is 0.207. The van der Waals surface area contributed by atoms with Crippen molar-refractivity contribution in [1.29, 1.82) is 0 Å². The molecule has 0 aliphatic heterocycles. The number of aliphatic hydroxyl groups is 1. The number of hydrogen-bond donors (Lipinski definition) is 2. The first-order chi connectivity index (χ1) is 5.27. The van der Waals surface area contributed by atoms with Crippen LogP contribution in [0.3, 0.4) is 0 Å². The van der Waals surface area contributed by atoms with E-state index in [1.807, 2.05) is 0 Å². The molecule has 0 spiro atoms. The quantitative estimate of drug-likeness (QED) is 0.406. The van der Waals surface area contributed by atoms with E-state index in [0.717, 1.165) is 13.1 Å². The van der Waals surface area contributed by atoms with Gasteiger partial charge in [-0.15, -0.1) is 0 Å². The molecule has 0 heterocycles. The SMILES string of the molecule is BC(O)CNCCCCCC. The second-order valence-corrected chi connectivity index (χ2v) is 3.11. The Kier molecular flexibility index (Phi) is 8.07. The highest BCUT2D eigenvalue weighted by Gasteiger charge is 1.93. The van der Waals surface area contributed by atoms with Crippen LogP contribution in [0, 0.1) is 0 Å². The van der Waals surface area contributed by atoms with Gasteiger partial charge in [-0.1, -0.05) is 26.2 Å². The summed E-state index contributed by atoms with van der Waals surface area (Å²) in [5.41, 5.74) is 0. The predicted molar refractivity (Wildman–Crippen MR) is 51.6 cm³/mol. The fraction of sp³-hybridized carbons (Fsp3) is 1.00. The molecule has 1 unspecified atom stereocenters. The maximum atomic E-state index is 8.89. The van der Waals surface area contributed by atoms with Gasteiger partial charge in [-0.25, -0.2) is 0 Å². The van der Waals surface area contributed by atoms with E-state index < -0.39 is 0 Å². The van der Waals surface area contributed by atoms with Gasteiger partial charge in [-0.3, -0.25) is 0 Å². The zero-order valence-electron chi connectivity index (χ0n) is 7.77. The van der Waals surface area contributed by atoms with Crippen molar-refractivity contribution in [3.8, 4) is 0 Å². The molecule has 0 saturated carbocycles. The highest BCUT2D eigenvalue weighted by molar-refractivity contribution is 6.10. The molecule has 0 aromatic heterocycles. The number of hydrogen-bond acceptors (Lipinski definition) is 2. The highest BCUT2D eigenvalue weighted by atomic mass is 16.3. The average molecular weight is 157 g/mol. The smallest absolute Gasteiger partial charge is 0.140 e. The lowest BCUT2D eigenvalue weighted by atomic mass is 10.0. The summed E-state index contributed by atoms with van der Waals surface area (Å²) in [6, 6.07) is -0.207. The Balaban J connectivity index is 2.80. The van der Waals surface area contributed by atoms with E-state index in [2.05, 4.69) is 12.2 Å². The predicted octanol–water partition coefficient (Wildman–Crippen LogP) is 0.108. The van der Waals surface area contributed by atoms with Gasteiger partial charge >= 0.3 is 0 Å². The summed E-state index contributed by atoms with van der Waals surface area (Å²) in [5, 5.41) is 12.1. The van der Waals surface area contributed by atoms with E-state index in [-0.39, 0.29) is 6.00 Å². The zero-order chi connectivity index (χ0) is 8.53. The van der Waals surface area contributed by atoms with Crippen molar-refractivity contribution < 1.29 is 5.11 Å². The normalized spacial score (nSPS) is 13.3. The topological polar surface area (TPSA) is 32.3 Å². The Morgan fingerprint density at radius 1 is 1.36 bits per heavy atom. The first-order valence-corrected chi connectivity index (χ1v) is 4.66. The van der Waals surface area contributed by atoms with Crippen LogP contribution in [0.1, 0.15) is 32.6 Å². The minimum Gasteiger partial charge on any atom is -0.401 e. The van der Waals surface area contributed by atoms with E-state index >= 15 is 0 Å². The van der Waals surface area contributed by atoms with Crippen LogP contribution < -0.4 is 5.32 Å². The fourth-order valence-corrected chi connectivity index (χ4v) is 0.988. The van der Waals surface area contributed by atoms with Crippen LogP contribution >= 0.6 is 0 Å². The van der Waals surface area contributed by atoms with Crippen LogP contribution in [0.2, 0.25) is 0 Å². The molecule has 0 bridgehead atoms. The van der Waals surface area contributed by atoms with Crippen LogP contribution in [-0.2, 0) is 0 Å². The average Bonchev–Trinajstić information content (AvgIpc) is 1.96. The van der Waals surface area contributed by atoms with E-state index in [4.69, 9.17) is 5.11 Å². The molecule has 2 N–H and O–H groups in total. The van der Waals surface area contributed by atoms with Crippen LogP contribution in [-0.4, -0.2) is 32.0 Å². The maximum absolute atomic E-state index is 8.89. The molecule has 0 radical (unpaired) electrons. The molecule has 2 nitrogen and oxygen atoms in total. The minimum atomic E-state index is -0.207. The van der Waals surface area contributed by atoms with Gasteiger partial charge in [0.2, 0.25) is 0 Å². The van der Waals surface area contributed by atoms with Crippen molar-refractivity contribution in [2.75, 3.05) is 13.1 Å². The van der Waals surface area contributed by atoms with E-state index in [0.29, 0.717) is 0 Å². The molecule has 0 aliphatic carbocycles. The van der Waals surface area contributed by atoms with Gasteiger partial charge in [-0.05, 0) is 13.0 Å². The summed E-state index contributed by atoms with van der Waals surface area (Å²) in [6.45, 7) is 3.99. The first kappa shape index (κ1) is 11.0. The monoisotopic (exact) mass is 157 g/mol. The highest BCUT2D eigenvalue weighted by Crippen LogP contribution is 1.96. The van der Waals surface area contributed by atoms with Gasteiger partial charge in [0.25, 0.3) is 0 Å². The van der Waals surface area contributed by atoms with Crippen molar-refractivity contribution >= 4 is 7.85 Å². The summed E-state index contributed by atoms with van der Waals surface area (Å²) in [4.78, 5) is 0. The zero-order valence-corrected chi connectivity index (χ0v) is 7.77. The van der Waals surface area contributed by atoms with Gasteiger partial charge in [0.1, 0.15) is 7.85 Å². The van der Waals surface area contributed by atoms with Crippen molar-refractivity contribution in [1.82, 2.24) is 5.32 Å². The Morgan fingerprint density at radius 2 is 2.09 bits per heavy atom. The molecule has 0 rings (SSSR count). The third-order valence-corrected chi connectivity index (χ3v) is 1.65. The molecule has 0 amide bonds. The molecular formula is C8H20BNO. The Morgan fingerprint density at radius 3 is 2.64 bits per heavy atom. The molecule has 0 aromatic carbocycles. The molecule has 0 aromatic rings. The van der Waals surface area contributed by atoms with Gasteiger partial charge < -0.3 is 10.4 Å². The van der Waals surface area contributed by atoms with Gasteiger partial charge in [-0.2, -0.15) is 0 Å². The van der Waals surface area contributed by atoms with E-state index in [1.54, 1.807) is 7.85 Å². The molecule has 11 heavy (non-hydrogen) atoms. The standard InChI is InChI=1S/C8H20BNO/c1-2-3-4-5-6-10-7-8(9)11/h8,10-11H,2-7,9H2,1H3. The van der Waals surface area contributed by atoms with Crippen molar-refractivity contribution in [3.63, 3.8) is 0 Å². The fourth-order valence-electron chi connectivity index (χ4n) is 0.988. The third-order valence-electron chi connectivity index (χ3n) is 1.65. The molecular weight excluding hydrogens is 137 g/mol. The summed E-state index contributed by atoms with van der Waals surface area (Å²) >= 11 is 0. The number of unbranched alkanes of at least 4 members (excludes halogenated alkanes) is 3.